The number of hydrogen-bond donors (Lipinski definition) is 4. The maximum absolute atomic E-state index is 12.4. The van der Waals surface area contributed by atoms with Gasteiger partial charge in [0.15, 0.2) is 0 Å². The van der Waals surface area contributed by atoms with Crippen molar-refractivity contribution < 1.29 is 19.1 Å². The van der Waals surface area contributed by atoms with Gasteiger partial charge in [-0.05, 0) is 36.8 Å². The Labute approximate surface area is 199 Å². The van der Waals surface area contributed by atoms with E-state index in [1.807, 2.05) is 19.1 Å². The molecule has 2 aromatic carbocycles. The van der Waals surface area contributed by atoms with Crippen LogP contribution in [0.15, 0.2) is 53.4 Å². The first-order valence-corrected chi connectivity index (χ1v) is 12.1. The zero-order chi connectivity index (χ0) is 23.9. The van der Waals surface area contributed by atoms with Crippen LogP contribution in [0.1, 0.15) is 39.5 Å². The number of ether oxygens (including phenoxy) is 1. The van der Waals surface area contributed by atoms with Gasteiger partial charge < -0.3 is 15.4 Å². The fourth-order valence-electron chi connectivity index (χ4n) is 2.81. The summed E-state index contributed by atoms with van der Waals surface area (Å²) in [5, 5.41) is 5.21. The van der Waals surface area contributed by atoms with Crippen LogP contribution in [0.3, 0.4) is 0 Å². The first kappa shape index (κ1) is 26.2. The summed E-state index contributed by atoms with van der Waals surface area (Å²) in [7, 11) is 0. The molecule has 0 bridgehead atoms. The van der Waals surface area contributed by atoms with Gasteiger partial charge >= 0.3 is 11.8 Å². The molecule has 0 spiro atoms. The van der Waals surface area contributed by atoms with E-state index in [2.05, 4.69) is 28.4 Å². The quantitative estimate of drug-likeness (QED) is 0.152. The van der Waals surface area contributed by atoms with Crippen molar-refractivity contribution in [1.29, 1.82) is 0 Å². The molecule has 8 nitrogen and oxygen atoms in total. The van der Waals surface area contributed by atoms with Gasteiger partial charge in [-0.25, -0.2) is 5.43 Å². The molecule has 0 saturated heterocycles. The maximum atomic E-state index is 12.4. The number of carbonyl (C=O) groups excluding carboxylic acids is 3. The number of nitrogens with one attached hydrogen (secondary N) is 4. The summed E-state index contributed by atoms with van der Waals surface area (Å²) < 4.78 is 5.78. The molecule has 178 valence electrons. The van der Waals surface area contributed by atoms with Crippen LogP contribution in [0, 0.1) is 0 Å². The summed E-state index contributed by atoms with van der Waals surface area (Å²) in [6.07, 6.45) is 4.33. The van der Waals surface area contributed by atoms with Crippen LogP contribution in [-0.2, 0) is 14.4 Å². The van der Waals surface area contributed by atoms with E-state index in [1.54, 1.807) is 36.4 Å². The van der Waals surface area contributed by atoms with Crippen LogP contribution in [-0.4, -0.2) is 36.6 Å². The SMILES string of the molecule is CCCCCCOc1ccccc1NC(=O)C(=O)Nc1cccc(SCC(=O)NNCC)c1. The number of rotatable bonds is 13. The van der Waals surface area contributed by atoms with Gasteiger partial charge in [-0.2, -0.15) is 0 Å². The normalized spacial score (nSPS) is 10.4. The highest BCUT2D eigenvalue weighted by Crippen LogP contribution is 2.25. The van der Waals surface area contributed by atoms with Crippen molar-refractivity contribution in [3.05, 3.63) is 48.5 Å². The van der Waals surface area contributed by atoms with Gasteiger partial charge in [0.25, 0.3) is 0 Å². The molecule has 0 atom stereocenters. The zero-order valence-corrected chi connectivity index (χ0v) is 19.9. The molecular weight excluding hydrogens is 440 g/mol. The molecule has 9 heteroatoms. The van der Waals surface area contributed by atoms with E-state index in [-0.39, 0.29) is 11.7 Å². The van der Waals surface area contributed by atoms with Gasteiger partial charge in [-0.1, -0.05) is 51.3 Å². The highest BCUT2D eigenvalue weighted by atomic mass is 32.2. The average molecular weight is 473 g/mol. The Morgan fingerprint density at radius 1 is 0.909 bits per heavy atom. The molecule has 0 unspecified atom stereocenters. The molecule has 0 aliphatic rings. The molecule has 2 rings (SSSR count). The van der Waals surface area contributed by atoms with Gasteiger partial charge in [-0.3, -0.25) is 19.8 Å². The highest BCUT2D eigenvalue weighted by Gasteiger charge is 2.16. The Kier molecular flexibility index (Phi) is 11.8. The summed E-state index contributed by atoms with van der Waals surface area (Å²) in [6, 6.07) is 14.0. The third-order valence-electron chi connectivity index (χ3n) is 4.46. The predicted molar refractivity (Wildman–Crippen MR) is 132 cm³/mol. The van der Waals surface area contributed by atoms with Gasteiger partial charge in [0.1, 0.15) is 5.75 Å². The van der Waals surface area contributed by atoms with Crippen molar-refractivity contribution in [2.75, 3.05) is 29.5 Å². The summed E-state index contributed by atoms with van der Waals surface area (Å²) >= 11 is 1.33. The third kappa shape index (κ3) is 9.97. The average Bonchev–Trinajstić information content (AvgIpc) is 2.82. The third-order valence-corrected chi connectivity index (χ3v) is 5.46. The number of hydrogen-bond acceptors (Lipinski definition) is 6. The Bertz CT molecular complexity index is 923. The Morgan fingerprint density at radius 3 is 2.48 bits per heavy atom. The maximum Gasteiger partial charge on any atom is 0.314 e. The van der Waals surface area contributed by atoms with E-state index < -0.39 is 11.8 Å². The second kappa shape index (κ2) is 14.9. The van der Waals surface area contributed by atoms with Crippen LogP contribution in [0.4, 0.5) is 11.4 Å². The zero-order valence-electron chi connectivity index (χ0n) is 19.1. The number of amides is 3. The van der Waals surface area contributed by atoms with Crippen molar-refractivity contribution in [3.63, 3.8) is 0 Å². The second-order valence-corrected chi connectivity index (χ2v) is 8.26. The minimum absolute atomic E-state index is 0.151. The number of benzene rings is 2. The lowest BCUT2D eigenvalue weighted by atomic mass is 10.2. The van der Waals surface area contributed by atoms with E-state index in [0.29, 0.717) is 30.3 Å². The molecule has 0 aliphatic carbocycles. The molecule has 3 amide bonds. The van der Waals surface area contributed by atoms with Crippen molar-refractivity contribution in [2.24, 2.45) is 0 Å². The first-order chi connectivity index (χ1) is 16.0. The summed E-state index contributed by atoms with van der Waals surface area (Å²) in [5.41, 5.74) is 6.24. The van der Waals surface area contributed by atoms with Crippen LogP contribution >= 0.6 is 11.8 Å². The molecule has 2 aromatic rings. The number of thioether (sulfide) groups is 1. The number of carbonyl (C=O) groups is 3. The minimum Gasteiger partial charge on any atom is -0.491 e. The van der Waals surface area contributed by atoms with Crippen molar-refractivity contribution in [3.8, 4) is 5.75 Å². The van der Waals surface area contributed by atoms with Crippen LogP contribution in [0.25, 0.3) is 0 Å². The highest BCUT2D eigenvalue weighted by molar-refractivity contribution is 8.00. The minimum atomic E-state index is -0.792. The lowest BCUT2D eigenvalue weighted by Gasteiger charge is -2.12. The van der Waals surface area contributed by atoms with E-state index in [4.69, 9.17) is 4.74 Å². The van der Waals surface area contributed by atoms with Gasteiger partial charge in [0.05, 0.1) is 18.0 Å². The van der Waals surface area contributed by atoms with Gasteiger partial charge in [0, 0.05) is 17.1 Å². The lowest BCUT2D eigenvalue weighted by Crippen LogP contribution is -2.38. The van der Waals surface area contributed by atoms with Crippen molar-refractivity contribution in [1.82, 2.24) is 10.9 Å². The fraction of sp³-hybridized carbons (Fsp3) is 0.375. The van der Waals surface area contributed by atoms with E-state index in [9.17, 15) is 14.4 Å². The van der Waals surface area contributed by atoms with Crippen molar-refractivity contribution in [2.45, 2.75) is 44.4 Å². The summed E-state index contributed by atoms with van der Waals surface area (Å²) in [5.74, 6) is -0.980. The molecule has 4 N–H and O–H groups in total. The largest absolute Gasteiger partial charge is 0.491 e. The lowest BCUT2D eigenvalue weighted by molar-refractivity contribution is -0.133. The Balaban J connectivity index is 1.88. The van der Waals surface area contributed by atoms with E-state index in [0.717, 1.165) is 30.6 Å². The Hall–Kier alpha value is -3.04. The molecule has 0 fully saturated rings. The molecule has 0 radical (unpaired) electrons. The smallest absolute Gasteiger partial charge is 0.314 e. The standard InChI is InChI=1S/C24H32N4O4S/c1-3-5-6-9-15-32-21-14-8-7-13-20(21)27-24(31)23(30)26-18-11-10-12-19(16-18)33-17-22(29)28-25-4-2/h7-8,10-14,16,25H,3-6,9,15,17H2,1-2H3,(H,26,30)(H,27,31)(H,28,29). The Morgan fingerprint density at radius 2 is 1.70 bits per heavy atom. The molecular formula is C24H32N4O4S. The first-order valence-electron chi connectivity index (χ1n) is 11.1. The van der Waals surface area contributed by atoms with Gasteiger partial charge in [-0.15, -0.1) is 11.8 Å². The van der Waals surface area contributed by atoms with E-state index >= 15 is 0 Å². The number of hydrazine groups is 1. The molecule has 0 aliphatic heterocycles. The number of anilines is 2. The molecule has 0 aromatic heterocycles. The molecule has 0 saturated carbocycles. The summed E-state index contributed by atoms with van der Waals surface area (Å²) in [4.78, 5) is 37.4. The van der Waals surface area contributed by atoms with Gasteiger partial charge in [0.2, 0.25) is 5.91 Å². The number of unbranched alkanes of at least 4 members (excludes halogenated alkanes) is 3. The predicted octanol–water partition coefficient (Wildman–Crippen LogP) is 3.96. The second-order valence-electron chi connectivity index (χ2n) is 7.21. The molecule has 33 heavy (non-hydrogen) atoms. The van der Waals surface area contributed by atoms with Crippen molar-refractivity contribution >= 4 is 40.9 Å². The van der Waals surface area contributed by atoms with Crippen LogP contribution in [0.2, 0.25) is 0 Å². The van der Waals surface area contributed by atoms with Crippen LogP contribution < -0.4 is 26.2 Å². The summed E-state index contributed by atoms with van der Waals surface area (Å²) in [6.45, 7) is 5.22. The van der Waals surface area contributed by atoms with E-state index in [1.165, 1.54) is 11.8 Å². The number of para-hydroxylation sites is 2. The van der Waals surface area contributed by atoms with Crippen LogP contribution in [0.5, 0.6) is 5.75 Å². The monoisotopic (exact) mass is 472 g/mol. The topological polar surface area (TPSA) is 109 Å². The molecule has 0 heterocycles. The fourth-order valence-corrected chi connectivity index (χ4v) is 3.56.